The third kappa shape index (κ3) is 6.36. The van der Waals surface area contributed by atoms with Gasteiger partial charge in [0, 0.05) is 12.2 Å². The van der Waals surface area contributed by atoms with Gasteiger partial charge in [0.05, 0.1) is 12.8 Å². The number of benzene rings is 1. The van der Waals surface area contributed by atoms with E-state index in [0.717, 1.165) is 36.1 Å². The fourth-order valence-corrected chi connectivity index (χ4v) is 3.86. The molecule has 5 heteroatoms. The standard InChI is InChI=1S/C22H31N3OS/c1-19-10-4-5-12-21(19)23-22(27)25(18-20-11-8-17-26-20)16-9-15-24-13-6-2-3-7-14-24/h4-5,8,10-12,17H,2-3,6-7,9,13-16,18H2,1H3,(H,23,27). The molecule has 0 bridgehead atoms. The van der Waals surface area contributed by atoms with Gasteiger partial charge in [0.25, 0.3) is 0 Å². The van der Waals surface area contributed by atoms with Gasteiger partial charge in [-0.1, -0.05) is 31.0 Å². The van der Waals surface area contributed by atoms with Crippen molar-refractivity contribution >= 4 is 23.0 Å². The predicted molar refractivity (Wildman–Crippen MR) is 116 cm³/mol. The van der Waals surface area contributed by atoms with Crippen LogP contribution < -0.4 is 5.32 Å². The summed E-state index contributed by atoms with van der Waals surface area (Å²) in [6.45, 7) is 7.34. The van der Waals surface area contributed by atoms with Crippen molar-refractivity contribution < 1.29 is 4.42 Å². The lowest BCUT2D eigenvalue weighted by Crippen LogP contribution is -2.37. The maximum atomic E-state index is 5.74. The molecule has 3 rings (SSSR count). The monoisotopic (exact) mass is 385 g/mol. The third-order valence-corrected chi connectivity index (χ3v) is 5.56. The van der Waals surface area contributed by atoms with Gasteiger partial charge in [-0.15, -0.1) is 0 Å². The molecule has 0 spiro atoms. The van der Waals surface area contributed by atoms with Crippen molar-refractivity contribution in [2.45, 2.75) is 45.6 Å². The zero-order chi connectivity index (χ0) is 18.9. The van der Waals surface area contributed by atoms with Crippen LogP contribution in [-0.4, -0.2) is 41.1 Å². The number of nitrogens with zero attached hydrogens (tertiary/aromatic N) is 2. The Morgan fingerprint density at radius 1 is 1.11 bits per heavy atom. The van der Waals surface area contributed by atoms with Gasteiger partial charge in [0.2, 0.25) is 0 Å². The van der Waals surface area contributed by atoms with Crippen LogP contribution in [0.1, 0.15) is 43.4 Å². The van der Waals surface area contributed by atoms with E-state index in [1.807, 2.05) is 24.3 Å². The van der Waals surface area contributed by atoms with E-state index in [9.17, 15) is 0 Å². The molecular formula is C22H31N3OS. The van der Waals surface area contributed by atoms with Crippen LogP contribution >= 0.6 is 12.2 Å². The molecule has 146 valence electrons. The molecule has 1 aromatic carbocycles. The molecule has 1 fully saturated rings. The number of aryl methyl sites for hydroxylation is 1. The highest BCUT2D eigenvalue weighted by atomic mass is 32.1. The van der Waals surface area contributed by atoms with Crippen molar-refractivity contribution in [2.75, 3.05) is 31.5 Å². The van der Waals surface area contributed by atoms with Crippen LogP contribution in [0.4, 0.5) is 5.69 Å². The Bertz CT molecular complexity index is 693. The van der Waals surface area contributed by atoms with Crippen molar-refractivity contribution in [3.05, 3.63) is 54.0 Å². The first-order chi connectivity index (χ1) is 13.2. The van der Waals surface area contributed by atoms with Crippen molar-refractivity contribution in [1.82, 2.24) is 9.80 Å². The number of rotatable bonds is 7. The Labute approximate surface area is 168 Å². The second-order valence-corrected chi connectivity index (χ2v) is 7.74. The highest BCUT2D eigenvalue weighted by Gasteiger charge is 2.14. The maximum Gasteiger partial charge on any atom is 0.173 e. The number of anilines is 1. The van der Waals surface area contributed by atoms with E-state index in [-0.39, 0.29) is 0 Å². The highest BCUT2D eigenvalue weighted by Crippen LogP contribution is 2.16. The van der Waals surface area contributed by atoms with Gasteiger partial charge in [-0.25, -0.2) is 0 Å². The molecule has 2 aromatic rings. The minimum absolute atomic E-state index is 0.699. The first-order valence-electron chi connectivity index (χ1n) is 10.1. The van der Waals surface area contributed by atoms with Crippen LogP contribution in [0.15, 0.2) is 47.1 Å². The Kier molecular flexibility index (Phi) is 7.72. The lowest BCUT2D eigenvalue weighted by molar-refractivity contribution is 0.262. The predicted octanol–water partition coefficient (Wildman–Crippen LogP) is 5.05. The van der Waals surface area contributed by atoms with Crippen LogP contribution in [-0.2, 0) is 6.54 Å². The Morgan fingerprint density at radius 2 is 1.89 bits per heavy atom. The van der Waals surface area contributed by atoms with E-state index in [2.05, 4.69) is 34.2 Å². The normalized spacial score (nSPS) is 15.3. The van der Waals surface area contributed by atoms with E-state index in [1.165, 1.54) is 44.3 Å². The summed E-state index contributed by atoms with van der Waals surface area (Å²) in [5.41, 5.74) is 2.27. The van der Waals surface area contributed by atoms with E-state index in [0.29, 0.717) is 6.54 Å². The second-order valence-electron chi connectivity index (χ2n) is 7.36. The van der Waals surface area contributed by atoms with E-state index < -0.39 is 0 Å². The highest BCUT2D eigenvalue weighted by molar-refractivity contribution is 7.80. The SMILES string of the molecule is Cc1ccccc1NC(=S)N(CCCN1CCCCCC1)Cc1ccco1. The summed E-state index contributed by atoms with van der Waals surface area (Å²) in [5, 5.41) is 4.18. The van der Waals surface area contributed by atoms with Crippen LogP contribution in [0.2, 0.25) is 0 Å². The molecule has 4 nitrogen and oxygen atoms in total. The summed E-state index contributed by atoms with van der Waals surface area (Å²) in [5.74, 6) is 0.943. The zero-order valence-electron chi connectivity index (χ0n) is 16.3. The molecule has 0 radical (unpaired) electrons. The van der Waals surface area contributed by atoms with Crippen molar-refractivity contribution in [3.63, 3.8) is 0 Å². The third-order valence-electron chi connectivity index (χ3n) is 5.20. The van der Waals surface area contributed by atoms with Crippen LogP contribution in [0.25, 0.3) is 0 Å². The molecule has 0 aliphatic carbocycles. The fraction of sp³-hybridized carbons (Fsp3) is 0.500. The molecular weight excluding hydrogens is 354 g/mol. The van der Waals surface area contributed by atoms with Crippen molar-refractivity contribution in [1.29, 1.82) is 0 Å². The molecule has 1 aliphatic rings. The molecule has 0 amide bonds. The van der Waals surface area contributed by atoms with Gasteiger partial charge in [-0.2, -0.15) is 0 Å². The average Bonchev–Trinajstić information content (AvgIpc) is 3.04. The second kappa shape index (κ2) is 10.5. The summed E-state index contributed by atoms with van der Waals surface area (Å²) in [6.07, 6.45) is 8.27. The molecule has 0 unspecified atom stereocenters. The van der Waals surface area contributed by atoms with Crippen LogP contribution in [0.5, 0.6) is 0 Å². The lowest BCUT2D eigenvalue weighted by atomic mass is 10.2. The minimum atomic E-state index is 0.699. The molecule has 2 heterocycles. The van der Waals surface area contributed by atoms with Gasteiger partial charge in [0.1, 0.15) is 5.76 Å². The van der Waals surface area contributed by atoms with E-state index >= 15 is 0 Å². The van der Waals surface area contributed by atoms with Gasteiger partial charge in [0.15, 0.2) is 5.11 Å². The lowest BCUT2D eigenvalue weighted by Gasteiger charge is -2.27. The summed E-state index contributed by atoms with van der Waals surface area (Å²) in [4.78, 5) is 4.83. The van der Waals surface area contributed by atoms with Crippen molar-refractivity contribution in [3.8, 4) is 0 Å². The number of para-hydroxylation sites is 1. The first-order valence-corrected chi connectivity index (χ1v) is 10.5. The first kappa shape index (κ1) is 19.9. The maximum absolute atomic E-state index is 5.74. The number of hydrogen-bond acceptors (Lipinski definition) is 3. The van der Waals surface area contributed by atoms with Crippen LogP contribution in [0, 0.1) is 6.92 Å². The molecule has 1 aliphatic heterocycles. The number of hydrogen-bond donors (Lipinski definition) is 1. The van der Waals surface area contributed by atoms with Gasteiger partial charge < -0.3 is 19.5 Å². The summed E-state index contributed by atoms with van der Waals surface area (Å²) < 4.78 is 5.56. The average molecular weight is 386 g/mol. The molecule has 27 heavy (non-hydrogen) atoms. The molecule has 1 aromatic heterocycles. The van der Waals surface area contributed by atoms with Gasteiger partial charge >= 0.3 is 0 Å². The smallest absolute Gasteiger partial charge is 0.173 e. The van der Waals surface area contributed by atoms with Gasteiger partial charge in [-0.05, 0) is 81.8 Å². The van der Waals surface area contributed by atoms with Crippen LogP contribution in [0.3, 0.4) is 0 Å². The number of furan rings is 1. The Balaban J connectivity index is 1.58. The molecule has 0 atom stereocenters. The van der Waals surface area contributed by atoms with Gasteiger partial charge in [-0.3, -0.25) is 0 Å². The fourth-order valence-electron chi connectivity index (χ4n) is 3.60. The number of likely N-dealkylation sites (tertiary alicyclic amines) is 1. The largest absolute Gasteiger partial charge is 0.467 e. The Hall–Kier alpha value is -1.85. The molecule has 1 saturated heterocycles. The number of thiocarbonyl (C=S) groups is 1. The summed E-state index contributed by atoms with van der Waals surface area (Å²) in [7, 11) is 0. The summed E-state index contributed by atoms with van der Waals surface area (Å²) in [6, 6.07) is 12.2. The molecule has 0 saturated carbocycles. The van der Waals surface area contributed by atoms with E-state index in [1.54, 1.807) is 6.26 Å². The zero-order valence-corrected chi connectivity index (χ0v) is 17.1. The Morgan fingerprint density at radius 3 is 2.59 bits per heavy atom. The number of nitrogens with one attached hydrogen (secondary N) is 1. The summed E-state index contributed by atoms with van der Waals surface area (Å²) >= 11 is 5.74. The minimum Gasteiger partial charge on any atom is -0.467 e. The van der Waals surface area contributed by atoms with Crippen molar-refractivity contribution in [2.24, 2.45) is 0 Å². The molecule has 1 N–H and O–H groups in total. The quantitative estimate of drug-likeness (QED) is 0.674. The topological polar surface area (TPSA) is 31.6 Å². The van der Waals surface area contributed by atoms with E-state index in [4.69, 9.17) is 16.6 Å².